The second-order valence-corrected chi connectivity index (χ2v) is 1.81. The van der Waals surface area contributed by atoms with Gasteiger partial charge in [-0.2, -0.15) is 10.5 Å². The Hall–Kier alpha value is -1.03. The second-order valence-electron chi connectivity index (χ2n) is 1.81. The van der Waals surface area contributed by atoms with Crippen LogP contribution in [-0.4, -0.2) is 19.6 Å². The van der Waals surface area contributed by atoms with Crippen LogP contribution in [0.25, 0.3) is 0 Å². The van der Waals surface area contributed by atoms with Crippen molar-refractivity contribution in [1.29, 1.82) is 0 Å². The molecule has 0 aromatic rings. The first-order valence-corrected chi connectivity index (χ1v) is 2.95. The van der Waals surface area contributed by atoms with Gasteiger partial charge in [0.15, 0.2) is 12.0 Å². The predicted octanol–water partition coefficient (Wildman–Crippen LogP) is 0.441. The van der Waals surface area contributed by atoms with Gasteiger partial charge in [-0.15, -0.1) is 0 Å². The first-order chi connectivity index (χ1) is 4.83. The van der Waals surface area contributed by atoms with Crippen LogP contribution in [-0.2, 0) is 9.47 Å². The largest absolute Gasteiger partial charge is 0.462 e. The Labute approximate surface area is 59.5 Å². The molecule has 1 aliphatic heterocycles. The molecule has 0 bridgehead atoms. The van der Waals surface area contributed by atoms with Crippen LogP contribution in [0.2, 0.25) is 0 Å². The molecule has 0 aromatic heterocycles. The lowest BCUT2D eigenvalue weighted by atomic mass is 10.6. The Bertz CT molecular complexity index is 165. The third-order valence-electron chi connectivity index (χ3n) is 1.07. The van der Waals surface area contributed by atoms with Gasteiger partial charge in [-0.1, -0.05) is 0 Å². The van der Waals surface area contributed by atoms with Gasteiger partial charge in [0.25, 0.3) is 0 Å². The quantitative estimate of drug-likeness (QED) is 0.535. The van der Waals surface area contributed by atoms with E-state index in [-0.39, 0.29) is 6.29 Å². The van der Waals surface area contributed by atoms with E-state index >= 15 is 0 Å². The maximum Gasteiger partial charge on any atom is 0.196 e. The van der Waals surface area contributed by atoms with Crippen LogP contribution in [0.5, 0.6) is 0 Å². The monoisotopic (exact) mass is 141 g/mol. The Balaban J connectivity index is 2.31. The molecule has 1 heterocycles. The molecular formula is C6H9N2O2. The van der Waals surface area contributed by atoms with Crippen molar-refractivity contribution in [3.05, 3.63) is 12.0 Å². The summed E-state index contributed by atoms with van der Waals surface area (Å²) < 4.78 is 10.0. The molecule has 0 saturated carbocycles. The van der Waals surface area contributed by atoms with Crippen molar-refractivity contribution < 1.29 is 9.47 Å². The van der Waals surface area contributed by atoms with Crippen molar-refractivity contribution in [2.24, 2.45) is 5.10 Å². The first kappa shape index (κ1) is 7.08. The van der Waals surface area contributed by atoms with Crippen molar-refractivity contribution in [2.45, 2.75) is 13.2 Å². The maximum atomic E-state index is 5.16. The minimum absolute atomic E-state index is 0.244. The Morgan fingerprint density at radius 1 is 1.60 bits per heavy atom. The third-order valence-corrected chi connectivity index (χ3v) is 1.07. The van der Waals surface area contributed by atoms with E-state index in [0.29, 0.717) is 5.76 Å². The minimum Gasteiger partial charge on any atom is -0.462 e. The van der Waals surface area contributed by atoms with E-state index in [1.807, 2.05) is 0 Å². The molecule has 4 heteroatoms. The first-order valence-electron chi connectivity index (χ1n) is 2.95. The summed E-state index contributed by atoms with van der Waals surface area (Å²) in [6.45, 7) is 1.80. The molecule has 0 N–H and O–H groups in total. The van der Waals surface area contributed by atoms with Crippen LogP contribution < -0.4 is 5.43 Å². The highest BCUT2D eigenvalue weighted by atomic mass is 16.7. The summed E-state index contributed by atoms with van der Waals surface area (Å²) in [5.74, 6) is 0.634. The summed E-state index contributed by atoms with van der Waals surface area (Å²) in [7, 11) is 1.58. The summed E-state index contributed by atoms with van der Waals surface area (Å²) in [5.41, 5.74) is 3.58. The molecule has 0 spiro atoms. The van der Waals surface area contributed by atoms with E-state index in [0.717, 1.165) is 0 Å². The highest BCUT2D eigenvalue weighted by Gasteiger charge is 2.05. The highest BCUT2D eigenvalue weighted by molar-refractivity contribution is 5.77. The van der Waals surface area contributed by atoms with Gasteiger partial charge in [0, 0.05) is 7.11 Å². The van der Waals surface area contributed by atoms with E-state index in [9.17, 15) is 0 Å². The molecule has 0 aromatic carbocycles. The topological polar surface area (TPSA) is 44.9 Å². The van der Waals surface area contributed by atoms with E-state index in [1.165, 1.54) is 12.4 Å². The molecule has 0 aliphatic carbocycles. The highest BCUT2D eigenvalue weighted by Crippen LogP contribution is 2.02. The number of rotatable bonds is 3. The summed E-state index contributed by atoms with van der Waals surface area (Å²) in [4.78, 5) is 0. The molecule has 1 radical (unpaired) electrons. The molecule has 1 aliphatic rings. The van der Waals surface area contributed by atoms with Gasteiger partial charge >= 0.3 is 0 Å². The molecule has 1 atom stereocenters. The Morgan fingerprint density at radius 2 is 2.40 bits per heavy atom. The fourth-order valence-electron chi connectivity index (χ4n) is 0.514. The number of nitrogens with zero attached hydrogens (tertiary/aromatic N) is 2. The van der Waals surface area contributed by atoms with Crippen LogP contribution in [0.15, 0.2) is 17.1 Å². The summed E-state index contributed by atoms with van der Waals surface area (Å²) in [6.07, 6.45) is 2.83. The average molecular weight is 141 g/mol. The van der Waals surface area contributed by atoms with Crippen molar-refractivity contribution in [3.63, 3.8) is 0 Å². The molecule has 0 amide bonds. The van der Waals surface area contributed by atoms with E-state index < -0.39 is 0 Å². The Morgan fingerprint density at radius 3 is 2.90 bits per heavy atom. The Kier molecular flexibility index (Phi) is 2.28. The molecule has 1 unspecified atom stereocenters. The molecule has 0 fully saturated rings. The molecule has 1 rings (SSSR count). The zero-order valence-electron chi connectivity index (χ0n) is 5.94. The van der Waals surface area contributed by atoms with E-state index in [2.05, 4.69) is 10.5 Å². The zero-order chi connectivity index (χ0) is 7.40. The lowest BCUT2D eigenvalue weighted by molar-refractivity contribution is -0.0735. The number of hydrogen-bond donors (Lipinski definition) is 0. The van der Waals surface area contributed by atoms with Crippen LogP contribution in [0.4, 0.5) is 0 Å². The molecule has 55 valence electrons. The van der Waals surface area contributed by atoms with E-state index in [1.54, 1.807) is 14.0 Å². The van der Waals surface area contributed by atoms with Crippen molar-refractivity contribution in [1.82, 2.24) is 5.43 Å². The van der Waals surface area contributed by atoms with Gasteiger partial charge in [-0.05, 0) is 6.92 Å². The van der Waals surface area contributed by atoms with Crippen LogP contribution >= 0.6 is 0 Å². The van der Waals surface area contributed by atoms with Gasteiger partial charge < -0.3 is 9.47 Å². The summed E-state index contributed by atoms with van der Waals surface area (Å²) >= 11 is 0. The fourth-order valence-corrected chi connectivity index (χ4v) is 0.514. The molecule has 4 nitrogen and oxygen atoms in total. The molecule has 10 heavy (non-hydrogen) atoms. The van der Waals surface area contributed by atoms with E-state index in [4.69, 9.17) is 9.47 Å². The van der Waals surface area contributed by atoms with Crippen LogP contribution in [0.1, 0.15) is 6.92 Å². The van der Waals surface area contributed by atoms with Crippen molar-refractivity contribution >= 4 is 6.21 Å². The van der Waals surface area contributed by atoms with Gasteiger partial charge in [0.05, 0.1) is 12.4 Å². The van der Waals surface area contributed by atoms with Crippen LogP contribution in [0.3, 0.4) is 0 Å². The summed E-state index contributed by atoms with van der Waals surface area (Å²) in [5, 5.41) is 3.58. The predicted molar refractivity (Wildman–Crippen MR) is 36.3 cm³/mol. The number of ether oxygens (including phenoxy) is 2. The van der Waals surface area contributed by atoms with Gasteiger partial charge in [-0.25, -0.2) is 0 Å². The molecular weight excluding hydrogens is 132 g/mol. The van der Waals surface area contributed by atoms with Crippen molar-refractivity contribution in [3.8, 4) is 0 Å². The van der Waals surface area contributed by atoms with Crippen molar-refractivity contribution in [2.75, 3.05) is 7.11 Å². The lowest BCUT2D eigenvalue weighted by Crippen LogP contribution is -2.09. The standard InChI is InChI=1S/C6H9N2O2/c1-5(9-2)10-6-3-7-8-4-6/h3-5H,1-2H3. The average Bonchev–Trinajstić information content (AvgIpc) is 2.40. The van der Waals surface area contributed by atoms with Crippen LogP contribution in [0, 0.1) is 0 Å². The molecule has 0 saturated heterocycles. The SMILES string of the molecule is COC(C)OC1=C[N]N=C1. The minimum atomic E-state index is -0.244. The second kappa shape index (κ2) is 3.22. The number of allylic oxidation sites excluding steroid dienone is 1. The maximum absolute atomic E-state index is 5.16. The van der Waals surface area contributed by atoms with Gasteiger partial charge in [-0.3, -0.25) is 0 Å². The smallest absolute Gasteiger partial charge is 0.196 e. The lowest BCUT2D eigenvalue weighted by Gasteiger charge is -2.10. The van der Waals surface area contributed by atoms with Gasteiger partial charge in [0.2, 0.25) is 0 Å². The zero-order valence-corrected chi connectivity index (χ0v) is 5.94. The fraction of sp³-hybridized carbons (Fsp3) is 0.500. The third kappa shape index (κ3) is 1.73. The number of methoxy groups -OCH3 is 1. The summed E-state index contributed by atoms with van der Waals surface area (Å²) in [6, 6.07) is 0. The number of hydrogen-bond acceptors (Lipinski definition) is 3. The normalized spacial score (nSPS) is 18.0. The van der Waals surface area contributed by atoms with Gasteiger partial charge in [0.1, 0.15) is 0 Å².